The Labute approximate surface area is 157 Å². The van der Waals surface area contributed by atoms with Crippen molar-refractivity contribution in [1.29, 1.82) is 0 Å². The molecule has 4 rings (SSSR count). The third-order valence-electron chi connectivity index (χ3n) is 4.37. The van der Waals surface area contributed by atoms with Gasteiger partial charge in [0.1, 0.15) is 0 Å². The molecule has 0 unspecified atom stereocenters. The summed E-state index contributed by atoms with van der Waals surface area (Å²) < 4.78 is 10.7. The summed E-state index contributed by atoms with van der Waals surface area (Å²) in [6.45, 7) is 2.06. The van der Waals surface area contributed by atoms with Crippen molar-refractivity contribution < 1.29 is 14.3 Å². The Morgan fingerprint density at radius 2 is 1.52 bits per heavy atom. The molecule has 1 amide bonds. The molecule has 27 heavy (non-hydrogen) atoms. The van der Waals surface area contributed by atoms with Gasteiger partial charge in [-0.25, -0.2) is 5.43 Å². The highest BCUT2D eigenvalue weighted by Crippen LogP contribution is 2.32. The van der Waals surface area contributed by atoms with E-state index >= 15 is 0 Å². The van der Waals surface area contributed by atoms with Gasteiger partial charge in [0.15, 0.2) is 11.5 Å². The molecule has 0 fully saturated rings. The number of carbonyl (C=O) groups excluding carboxylic acids is 1. The van der Waals surface area contributed by atoms with Crippen LogP contribution in [0.15, 0.2) is 77.9 Å². The summed E-state index contributed by atoms with van der Waals surface area (Å²) in [5, 5.41) is 4.20. The average Bonchev–Trinajstić information content (AvgIpc) is 3.20. The first-order valence-electron chi connectivity index (χ1n) is 8.61. The summed E-state index contributed by atoms with van der Waals surface area (Å²) in [4.78, 5) is 12.4. The van der Waals surface area contributed by atoms with Crippen molar-refractivity contribution in [1.82, 2.24) is 5.43 Å². The Morgan fingerprint density at radius 3 is 2.30 bits per heavy atom. The van der Waals surface area contributed by atoms with E-state index < -0.39 is 0 Å². The van der Waals surface area contributed by atoms with Gasteiger partial charge in [0.25, 0.3) is 5.91 Å². The fourth-order valence-electron chi connectivity index (χ4n) is 2.83. The van der Waals surface area contributed by atoms with Crippen LogP contribution in [0.3, 0.4) is 0 Å². The van der Waals surface area contributed by atoms with Crippen molar-refractivity contribution in [3.8, 4) is 22.6 Å². The van der Waals surface area contributed by atoms with Gasteiger partial charge in [-0.15, -0.1) is 0 Å². The summed E-state index contributed by atoms with van der Waals surface area (Å²) in [5.41, 5.74) is 6.87. The highest BCUT2D eigenvalue weighted by Gasteiger charge is 2.14. The van der Waals surface area contributed by atoms with Crippen LogP contribution in [-0.2, 0) is 0 Å². The Balaban J connectivity index is 1.45. The molecule has 0 spiro atoms. The zero-order valence-corrected chi connectivity index (χ0v) is 14.8. The average molecular weight is 358 g/mol. The fourth-order valence-corrected chi connectivity index (χ4v) is 2.83. The van der Waals surface area contributed by atoms with Crippen molar-refractivity contribution in [2.75, 3.05) is 6.79 Å². The van der Waals surface area contributed by atoms with Crippen LogP contribution in [0, 0.1) is 0 Å². The molecule has 1 N–H and O–H groups in total. The van der Waals surface area contributed by atoms with Crippen LogP contribution in [0.1, 0.15) is 22.8 Å². The number of hydrogen-bond acceptors (Lipinski definition) is 4. The number of nitrogens with zero attached hydrogens (tertiary/aromatic N) is 1. The van der Waals surface area contributed by atoms with Gasteiger partial charge < -0.3 is 9.47 Å². The molecule has 5 heteroatoms. The van der Waals surface area contributed by atoms with Crippen LogP contribution < -0.4 is 14.9 Å². The first-order valence-corrected chi connectivity index (χ1v) is 8.61. The largest absolute Gasteiger partial charge is 0.454 e. The van der Waals surface area contributed by atoms with E-state index in [9.17, 15) is 4.79 Å². The molecule has 0 aromatic heterocycles. The zero-order chi connectivity index (χ0) is 18.6. The fraction of sp³-hybridized carbons (Fsp3) is 0.0909. The molecular formula is C22H18N2O3. The first kappa shape index (κ1) is 16.8. The minimum Gasteiger partial charge on any atom is -0.454 e. The second-order valence-corrected chi connectivity index (χ2v) is 6.15. The van der Waals surface area contributed by atoms with Crippen LogP contribution in [0.25, 0.3) is 11.1 Å². The highest BCUT2D eigenvalue weighted by molar-refractivity contribution is 6.01. The summed E-state index contributed by atoms with van der Waals surface area (Å²) in [6.07, 6.45) is 0. The lowest BCUT2D eigenvalue weighted by atomic mass is 10.0. The Hall–Kier alpha value is -3.60. The number of amides is 1. The molecule has 0 bridgehead atoms. The Morgan fingerprint density at radius 1 is 0.852 bits per heavy atom. The molecule has 0 aliphatic carbocycles. The molecule has 1 heterocycles. The monoisotopic (exact) mass is 358 g/mol. The van der Waals surface area contributed by atoms with Crippen LogP contribution >= 0.6 is 0 Å². The van der Waals surface area contributed by atoms with Gasteiger partial charge in [0, 0.05) is 11.1 Å². The number of fused-ring (bicyclic) bond motifs is 1. The van der Waals surface area contributed by atoms with Crippen LogP contribution in [0.2, 0.25) is 0 Å². The van der Waals surface area contributed by atoms with Crippen molar-refractivity contribution in [2.45, 2.75) is 6.92 Å². The Bertz CT molecular complexity index is 996. The van der Waals surface area contributed by atoms with E-state index in [4.69, 9.17) is 9.47 Å². The molecule has 0 radical (unpaired) electrons. The van der Waals surface area contributed by atoms with E-state index in [1.807, 2.05) is 67.6 Å². The maximum atomic E-state index is 12.4. The predicted molar refractivity (Wildman–Crippen MR) is 104 cm³/mol. The number of ether oxygens (including phenoxy) is 2. The van der Waals surface area contributed by atoms with Crippen LogP contribution in [-0.4, -0.2) is 18.4 Å². The molecule has 0 atom stereocenters. The number of nitrogens with one attached hydrogen (secondary N) is 1. The smallest absolute Gasteiger partial charge is 0.271 e. The minimum absolute atomic E-state index is 0.227. The second-order valence-electron chi connectivity index (χ2n) is 6.15. The Kier molecular flexibility index (Phi) is 4.58. The SMILES string of the molecule is C/C(=N\NC(=O)c1ccc(-c2ccccc2)cc1)c1ccc2c(c1)OCO2. The molecule has 5 nitrogen and oxygen atoms in total. The van der Waals surface area contributed by atoms with E-state index in [2.05, 4.69) is 10.5 Å². The quantitative estimate of drug-likeness (QED) is 0.561. The predicted octanol–water partition coefficient (Wildman–Crippen LogP) is 4.24. The summed E-state index contributed by atoms with van der Waals surface area (Å²) >= 11 is 0. The van der Waals surface area contributed by atoms with Gasteiger partial charge in [-0.2, -0.15) is 5.10 Å². The first-order chi connectivity index (χ1) is 13.2. The number of benzene rings is 3. The lowest BCUT2D eigenvalue weighted by molar-refractivity contribution is 0.0955. The van der Waals surface area contributed by atoms with Gasteiger partial charge in [-0.1, -0.05) is 42.5 Å². The molecule has 0 saturated heterocycles. The van der Waals surface area contributed by atoms with E-state index in [1.165, 1.54) is 0 Å². The van der Waals surface area contributed by atoms with Crippen LogP contribution in [0.4, 0.5) is 0 Å². The molecule has 0 saturated carbocycles. The maximum Gasteiger partial charge on any atom is 0.271 e. The van der Waals surface area contributed by atoms with Crippen molar-refractivity contribution in [2.24, 2.45) is 5.10 Å². The van der Waals surface area contributed by atoms with Gasteiger partial charge >= 0.3 is 0 Å². The van der Waals surface area contributed by atoms with Gasteiger partial charge in [-0.05, 0) is 48.4 Å². The minimum atomic E-state index is -0.255. The highest BCUT2D eigenvalue weighted by atomic mass is 16.7. The third-order valence-corrected chi connectivity index (χ3v) is 4.37. The number of carbonyl (C=O) groups is 1. The second kappa shape index (κ2) is 7.33. The lowest BCUT2D eigenvalue weighted by Gasteiger charge is -2.06. The molecule has 3 aromatic rings. The maximum absolute atomic E-state index is 12.4. The van der Waals surface area contributed by atoms with Crippen molar-refractivity contribution in [3.05, 3.63) is 83.9 Å². The molecule has 134 valence electrons. The summed E-state index contributed by atoms with van der Waals surface area (Å²) in [6, 6.07) is 23.0. The standard InChI is InChI=1S/C22H18N2O3/c1-15(19-11-12-20-21(13-19)27-14-26-20)23-24-22(25)18-9-7-17(8-10-18)16-5-3-2-4-6-16/h2-13H,14H2,1H3,(H,24,25)/b23-15+. The molecule has 3 aromatic carbocycles. The molecule has 1 aliphatic rings. The zero-order valence-electron chi connectivity index (χ0n) is 14.8. The molecule has 1 aliphatic heterocycles. The normalized spacial score (nSPS) is 12.7. The topological polar surface area (TPSA) is 59.9 Å². The van der Waals surface area contributed by atoms with Crippen molar-refractivity contribution in [3.63, 3.8) is 0 Å². The lowest BCUT2D eigenvalue weighted by Crippen LogP contribution is -2.19. The number of hydrazone groups is 1. The summed E-state index contributed by atoms with van der Waals surface area (Å²) in [5.74, 6) is 1.15. The summed E-state index contributed by atoms with van der Waals surface area (Å²) in [7, 11) is 0. The number of hydrogen-bond donors (Lipinski definition) is 1. The van der Waals surface area contributed by atoms with Gasteiger partial charge in [-0.3, -0.25) is 4.79 Å². The van der Waals surface area contributed by atoms with Gasteiger partial charge in [0.2, 0.25) is 6.79 Å². The van der Waals surface area contributed by atoms with E-state index in [0.29, 0.717) is 22.8 Å². The third kappa shape index (κ3) is 3.67. The molecular weight excluding hydrogens is 340 g/mol. The number of rotatable bonds is 4. The van der Waals surface area contributed by atoms with E-state index in [0.717, 1.165) is 16.7 Å². The van der Waals surface area contributed by atoms with E-state index in [-0.39, 0.29) is 12.7 Å². The van der Waals surface area contributed by atoms with Crippen LogP contribution in [0.5, 0.6) is 11.5 Å². The van der Waals surface area contributed by atoms with Gasteiger partial charge in [0.05, 0.1) is 5.71 Å². The van der Waals surface area contributed by atoms with Crippen molar-refractivity contribution >= 4 is 11.6 Å². The van der Waals surface area contributed by atoms with E-state index in [1.54, 1.807) is 12.1 Å².